The first-order valence-electron chi connectivity index (χ1n) is 21.0. The molecule has 2 aromatic heterocycles. The Kier molecular flexibility index (Phi) is 17.1. The van der Waals surface area contributed by atoms with E-state index in [0.717, 1.165) is 76.1 Å². The molecule has 23 heteroatoms. The average Bonchev–Trinajstić information content (AvgIpc) is 4.19. The van der Waals surface area contributed by atoms with Crippen LogP contribution in [0, 0.1) is 11.8 Å². The number of nitrogens with zero attached hydrogens (tertiary/aromatic N) is 4. The van der Waals surface area contributed by atoms with Crippen LogP contribution in [-0.4, -0.2) is 134 Å². The van der Waals surface area contributed by atoms with Crippen molar-refractivity contribution in [2.75, 3.05) is 50.2 Å². The molecule has 4 aromatic rings. The van der Waals surface area contributed by atoms with Crippen LogP contribution in [0.4, 0.5) is 11.4 Å². The fourth-order valence-corrected chi connectivity index (χ4v) is 8.49. The van der Waals surface area contributed by atoms with Crippen molar-refractivity contribution >= 4 is 69.0 Å². The Hall–Kier alpha value is -7.24. The predicted octanol–water partition coefficient (Wildman–Crippen LogP) is 1.92. The second-order valence-corrected chi connectivity index (χ2v) is 16.9. The summed E-state index contributed by atoms with van der Waals surface area (Å²) >= 11 is 0. The van der Waals surface area contributed by atoms with Crippen molar-refractivity contribution in [3.8, 4) is 11.5 Å². The van der Waals surface area contributed by atoms with Gasteiger partial charge in [-0.2, -0.15) is 0 Å². The molecule has 0 bridgehead atoms. The molecule has 0 spiro atoms. The number of piperidine rings is 2. The van der Waals surface area contributed by atoms with E-state index in [1.165, 1.54) is 12.4 Å². The van der Waals surface area contributed by atoms with Gasteiger partial charge in [-0.05, 0) is 74.6 Å². The first-order chi connectivity index (χ1) is 31.1. The number of fused-ring (bicyclic) bond motifs is 2. The summed E-state index contributed by atoms with van der Waals surface area (Å²) in [7, 11) is 3.19. The molecule has 2 aromatic carbocycles. The zero-order valence-electron chi connectivity index (χ0n) is 37.2. The number of aliphatic carboxylic acids is 4. The minimum Gasteiger partial charge on any atom is -0.492 e. The summed E-state index contributed by atoms with van der Waals surface area (Å²) in [6.07, 6.45) is 8.80. The molecule has 8 rings (SSSR count). The highest BCUT2D eigenvalue weighted by Gasteiger charge is 2.33. The number of rotatable bonds is 8. The first kappa shape index (κ1) is 52.4. The number of carboxylic acid groups (broad SMARTS) is 6. The molecule has 67 heavy (non-hydrogen) atoms. The molecular formula is C44H56N6O17. The van der Waals surface area contributed by atoms with Crippen LogP contribution in [0.3, 0.4) is 0 Å². The molecule has 0 unspecified atom stereocenters. The molecule has 12 N–H and O–H groups in total. The van der Waals surface area contributed by atoms with Crippen molar-refractivity contribution in [1.82, 2.24) is 9.13 Å². The van der Waals surface area contributed by atoms with Crippen LogP contribution in [0.1, 0.15) is 85.2 Å². The lowest BCUT2D eigenvalue weighted by Gasteiger charge is -2.37. The zero-order valence-corrected chi connectivity index (χ0v) is 37.2. The molecule has 364 valence electrons. The van der Waals surface area contributed by atoms with Gasteiger partial charge in [0.2, 0.25) is 10.9 Å². The number of aromatic nitrogens is 2. The highest BCUT2D eigenvalue weighted by Crippen LogP contribution is 2.44. The number of hydrogen-bond acceptors (Lipinski definition) is 14. The number of hydrogen-bond donors (Lipinski definition) is 8. The van der Waals surface area contributed by atoms with Crippen LogP contribution >= 0.6 is 0 Å². The van der Waals surface area contributed by atoms with Gasteiger partial charge in [-0.3, -0.25) is 9.59 Å². The molecule has 0 amide bonds. The van der Waals surface area contributed by atoms with Crippen LogP contribution in [0.25, 0.3) is 21.8 Å². The Morgan fingerprint density at radius 2 is 0.866 bits per heavy atom. The van der Waals surface area contributed by atoms with Gasteiger partial charge in [-0.15, -0.1) is 0 Å². The number of nitrogens with two attached hydrogens (primary N) is 2. The van der Waals surface area contributed by atoms with Gasteiger partial charge in [0, 0.05) is 62.7 Å². The lowest BCUT2D eigenvalue weighted by Crippen LogP contribution is -2.46. The van der Waals surface area contributed by atoms with E-state index in [1.54, 1.807) is 26.4 Å². The highest BCUT2D eigenvalue weighted by atomic mass is 16.5. The number of anilines is 2. The molecule has 4 aliphatic rings. The monoisotopic (exact) mass is 940 g/mol. The van der Waals surface area contributed by atoms with Crippen molar-refractivity contribution in [2.45, 2.75) is 76.5 Å². The number of carbonyl (C=O) groups is 6. The molecule has 2 saturated carbocycles. The van der Waals surface area contributed by atoms with Crippen LogP contribution in [0.15, 0.2) is 46.2 Å². The van der Waals surface area contributed by atoms with Crippen molar-refractivity contribution in [2.24, 2.45) is 23.3 Å². The first-order valence-corrected chi connectivity index (χ1v) is 21.0. The lowest BCUT2D eigenvalue weighted by atomic mass is 9.95. The van der Waals surface area contributed by atoms with Gasteiger partial charge in [0.15, 0.2) is 11.5 Å². The summed E-state index contributed by atoms with van der Waals surface area (Å²) in [4.78, 5) is 89.4. The summed E-state index contributed by atoms with van der Waals surface area (Å²) in [5.41, 5.74) is 14.3. The Labute approximate surface area is 381 Å². The molecule has 2 aliphatic carbocycles. The highest BCUT2D eigenvalue weighted by molar-refractivity contribution is 6.27. The molecule has 0 radical (unpaired) electrons. The molecule has 23 nitrogen and oxygen atoms in total. The normalized spacial score (nSPS) is 19.7. The fraction of sp³-hybridized carbons (Fsp3) is 0.455. The maximum atomic E-state index is 12.7. The fourth-order valence-electron chi connectivity index (χ4n) is 8.49. The average molecular weight is 941 g/mol. The second kappa shape index (κ2) is 21.8. The SMILES string of the molecule is COc1c(N2C[C@@H](C)C[C@H](N)C2)ccc2c(=O)c(C(=O)O)cn(C3CC3)c12.COc1c(N2C[C@@H](C)C[C@H](N)C2)ccc2c(=O)c(C(=O)O)cn(C3CC3)c12.O.O=C(O)C(=O)O.O=C(O)C(=O)O. The maximum absolute atomic E-state index is 12.7. The summed E-state index contributed by atoms with van der Waals surface area (Å²) in [6, 6.07) is 7.77. The minimum absolute atomic E-state index is 0. The van der Waals surface area contributed by atoms with Gasteiger partial charge < -0.3 is 76.0 Å². The van der Waals surface area contributed by atoms with Gasteiger partial charge in [-0.25, -0.2) is 28.8 Å². The van der Waals surface area contributed by atoms with E-state index < -0.39 is 46.7 Å². The molecule has 4 heterocycles. The van der Waals surface area contributed by atoms with Gasteiger partial charge in [-0.1, -0.05) is 13.8 Å². The third-order valence-electron chi connectivity index (χ3n) is 11.4. The van der Waals surface area contributed by atoms with Gasteiger partial charge in [0.25, 0.3) is 0 Å². The quantitative estimate of drug-likeness (QED) is 0.117. The lowest BCUT2D eigenvalue weighted by molar-refractivity contribution is -0.159. The van der Waals surface area contributed by atoms with E-state index in [4.69, 9.17) is 60.5 Å². The van der Waals surface area contributed by atoms with Crippen molar-refractivity contribution < 1.29 is 74.4 Å². The number of pyridine rings is 2. The van der Waals surface area contributed by atoms with Crippen LogP contribution < -0.4 is 41.6 Å². The Bertz CT molecular complexity index is 2450. The largest absolute Gasteiger partial charge is 0.492 e. The number of carboxylic acids is 6. The molecular weight excluding hydrogens is 885 g/mol. The smallest absolute Gasteiger partial charge is 0.414 e. The van der Waals surface area contributed by atoms with E-state index >= 15 is 0 Å². The summed E-state index contributed by atoms with van der Waals surface area (Å²) in [6.45, 7) is 7.56. The van der Waals surface area contributed by atoms with Crippen molar-refractivity contribution in [1.29, 1.82) is 0 Å². The number of aromatic carboxylic acids is 2. The van der Waals surface area contributed by atoms with E-state index in [-0.39, 0.29) is 40.8 Å². The third kappa shape index (κ3) is 12.2. The number of methoxy groups -OCH3 is 2. The molecule has 2 aliphatic heterocycles. The van der Waals surface area contributed by atoms with Gasteiger partial charge in [0.1, 0.15) is 11.1 Å². The minimum atomic E-state index is -1.82. The maximum Gasteiger partial charge on any atom is 0.414 e. The summed E-state index contributed by atoms with van der Waals surface area (Å²) < 4.78 is 15.4. The number of benzene rings is 2. The van der Waals surface area contributed by atoms with E-state index in [0.29, 0.717) is 45.1 Å². The Morgan fingerprint density at radius 3 is 1.10 bits per heavy atom. The number of ether oxygens (including phenoxy) is 2. The molecule has 2 saturated heterocycles. The van der Waals surface area contributed by atoms with E-state index in [1.807, 2.05) is 21.3 Å². The van der Waals surface area contributed by atoms with Crippen LogP contribution in [-0.2, 0) is 19.2 Å². The predicted molar refractivity (Wildman–Crippen MR) is 242 cm³/mol. The standard InChI is InChI=1S/2C20H25N3O4.2C2H2O4.H2O/c2*1-11-7-12(21)9-22(8-11)16-6-5-14-17(19(16)27-2)23(13-3-4-13)10-15(18(14)24)20(25)26;2*3-1(4)2(5)6;/h2*5-6,10-13H,3-4,7-9,21H2,1-2H3,(H,25,26);2*(H,3,4)(H,5,6);1H2/t2*11-,12-;;;/m00.../s1. The molecule has 4 atom stereocenters. The van der Waals surface area contributed by atoms with Crippen molar-refractivity contribution in [3.63, 3.8) is 0 Å². The zero-order chi connectivity index (χ0) is 48.9. The third-order valence-corrected chi connectivity index (χ3v) is 11.4. The van der Waals surface area contributed by atoms with Gasteiger partial charge >= 0.3 is 35.8 Å². The molecule has 4 fully saturated rings. The summed E-state index contributed by atoms with van der Waals surface area (Å²) in [5, 5.41) is 49.2. The topological polar surface area (TPSA) is 376 Å². The van der Waals surface area contributed by atoms with Crippen LogP contribution in [0.5, 0.6) is 11.5 Å². The van der Waals surface area contributed by atoms with Crippen molar-refractivity contribution in [3.05, 3.63) is 68.2 Å². The second-order valence-electron chi connectivity index (χ2n) is 16.9. The van der Waals surface area contributed by atoms with Crippen LogP contribution in [0.2, 0.25) is 0 Å². The Morgan fingerprint density at radius 1 is 0.552 bits per heavy atom. The van der Waals surface area contributed by atoms with E-state index in [2.05, 4.69) is 23.6 Å². The van der Waals surface area contributed by atoms with Gasteiger partial charge in [0.05, 0.1) is 47.4 Å². The van der Waals surface area contributed by atoms with E-state index in [9.17, 15) is 29.4 Å². The Balaban J connectivity index is 0.000000233. The summed E-state index contributed by atoms with van der Waals surface area (Å²) in [5.74, 6) is -7.52.